The second-order valence-corrected chi connectivity index (χ2v) is 10.6. The number of aromatic nitrogens is 4. The van der Waals surface area contributed by atoms with Crippen LogP contribution in [0.5, 0.6) is 5.75 Å². The Hall–Kier alpha value is -4.81. The molecule has 0 bridgehead atoms. The molecule has 1 aliphatic rings. The van der Waals surface area contributed by atoms with Crippen molar-refractivity contribution in [3.63, 3.8) is 0 Å². The molecule has 1 atom stereocenters. The van der Waals surface area contributed by atoms with Crippen LogP contribution in [0.3, 0.4) is 0 Å². The summed E-state index contributed by atoms with van der Waals surface area (Å²) < 4.78 is 34.3. The van der Waals surface area contributed by atoms with E-state index in [0.717, 1.165) is 11.1 Å². The minimum absolute atomic E-state index is 0.0190. The van der Waals surface area contributed by atoms with Crippen molar-refractivity contribution in [2.24, 2.45) is 7.05 Å². The molecule has 4 aromatic rings. The maximum absolute atomic E-state index is 13.2. The SMILES string of the molecule is CC(=O)NCc1ccc(OC(F)F)c(Cn2c3cc(-c4cnc(N5CCN(C(C)=O)C(C)C5)nc4)ccc3c(=O)n2C)c1. The van der Waals surface area contributed by atoms with Gasteiger partial charge in [-0.2, -0.15) is 8.78 Å². The van der Waals surface area contributed by atoms with Crippen molar-refractivity contribution in [3.8, 4) is 16.9 Å². The van der Waals surface area contributed by atoms with Gasteiger partial charge in [-0.05, 0) is 42.3 Å². The standard InChI is InChI=1S/C30H33F2N7O4/c1-18-16-37(9-10-38(18)20(3)41)30-34-14-24(15-35-30)22-6-7-25-26(12-22)39(36(4)28(25)42)17-23-11-21(13-33-19(2)40)5-8-27(23)43-29(31)32/h5-8,11-12,14-15,18,29H,9-10,13,16-17H2,1-4H3,(H,33,40). The number of amides is 2. The van der Waals surface area contributed by atoms with Gasteiger partial charge in [0.15, 0.2) is 0 Å². The monoisotopic (exact) mass is 593 g/mol. The smallest absolute Gasteiger partial charge is 0.387 e. The summed E-state index contributed by atoms with van der Waals surface area (Å²) in [6, 6.07) is 10.2. The van der Waals surface area contributed by atoms with E-state index >= 15 is 0 Å². The minimum atomic E-state index is -3.03. The van der Waals surface area contributed by atoms with Gasteiger partial charge in [0.1, 0.15) is 5.75 Å². The zero-order chi connectivity index (χ0) is 30.8. The molecule has 43 heavy (non-hydrogen) atoms. The summed E-state index contributed by atoms with van der Waals surface area (Å²) in [7, 11) is 1.61. The Morgan fingerprint density at radius 2 is 1.81 bits per heavy atom. The molecule has 1 unspecified atom stereocenters. The third kappa shape index (κ3) is 6.35. The second kappa shape index (κ2) is 12.2. The van der Waals surface area contributed by atoms with E-state index in [0.29, 0.717) is 47.6 Å². The summed E-state index contributed by atoms with van der Waals surface area (Å²) in [5, 5.41) is 3.16. The number of ether oxygens (including phenoxy) is 1. The first-order valence-electron chi connectivity index (χ1n) is 13.9. The Bertz CT molecular complexity index is 1720. The summed E-state index contributed by atoms with van der Waals surface area (Å²) in [4.78, 5) is 49.3. The molecule has 2 aromatic heterocycles. The van der Waals surface area contributed by atoms with Gasteiger partial charge >= 0.3 is 6.61 Å². The number of alkyl halides is 2. The maximum atomic E-state index is 13.2. The number of anilines is 1. The van der Waals surface area contributed by atoms with Gasteiger partial charge in [-0.25, -0.2) is 9.97 Å². The molecule has 0 spiro atoms. The van der Waals surface area contributed by atoms with Crippen molar-refractivity contribution < 1.29 is 23.1 Å². The number of piperazine rings is 1. The lowest BCUT2D eigenvalue weighted by atomic mass is 10.1. The van der Waals surface area contributed by atoms with Crippen molar-refractivity contribution in [1.29, 1.82) is 0 Å². The summed E-state index contributed by atoms with van der Waals surface area (Å²) in [6.45, 7) is 4.08. The molecule has 11 nitrogen and oxygen atoms in total. The first-order chi connectivity index (χ1) is 20.5. The van der Waals surface area contributed by atoms with E-state index < -0.39 is 6.61 Å². The van der Waals surface area contributed by atoms with E-state index in [-0.39, 0.29) is 42.3 Å². The van der Waals surface area contributed by atoms with Gasteiger partial charge in [0.2, 0.25) is 17.8 Å². The topological polar surface area (TPSA) is 115 Å². The average molecular weight is 594 g/mol. The summed E-state index contributed by atoms with van der Waals surface area (Å²) in [5.41, 5.74) is 2.99. The van der Waals surface area contributed by atoms with Gasteiger partial charge in [-0.1, -0.05) is 12.1 Å². The van der Waals surface area contributed by atoms with E-state index in [1.165, 1.54) is 17.7 Å². The largest absolute Gasteiger partial charge is 0.434 e. The maximum Gasteiger partial charge on any atom is 0.387 e. The van der Waals surface area contributed by atoms with Crippen LogP contribution in [0.1, 0.15) is 31.9 Å². The average Bonchev–Trinajstić information content (AvgIpc) is 3.21. The van der Waals surface area contributed by atoms with Crippen LogP contribution in [0.2, 0.25) is 0 Å². The fourth-order valence-corrected chi connectivity index (χ4v) is 5.45. The molecule has 0 radical (unpaired) electrons. The van der Waals surface area contributed by atoms with Crippen molar-refractivity contribution >= 4 is 28.7 Å². The second-order valence-electron chi connectivity index (χ2n) is 10.6. The fraction of sp³-hybridized carbons (Fsp3) is 0.367. The molecule has 1 N–H and O–H groups in total. The summed E-state index contributed by atoms with van der Waals surface area (Å²) in [6.07, 6.45) is 3.44. The highest BCUT2D eigenvalue weighted by Crippen LogP contribution is 2.27. The van der Waals surface area contributed by atoms with E-state index in [1.807, 2.05) is 28.9 Å². The van der Waals surface area contributed by atoms with Crippen LogP contribution in [-0.2, 0) is 29.7 Å². The first-order valence-corrected chi connectivity index (χ1v) is 13.9. The van der Waals surface area contributed by atoms with Crippen LogP contribution in [0, 0.1) is 0 Å². The number of benzene rings is 2. The fourth-order valence-electron chi connectivity index (χ4n) is 5.45. The Kier molecular flexibility index (Phi) is 8.42. The first kappa shape index (κ1) is 29.7. The van der Waals surface area contributed by atoms with Crippen LogP contribution in [0.15, 0.2) is 53.6 Å². The zero-order valence-corrected chi connectivity index (χ0v) is 24.4. The van der Waals surface area contributed by atoms with Gasteiger partial charge in [-0.3, -0.25) is 23.7 Å². The van der Waals surface area contributed by atoms with Gasteiger partial charge < -0.3 is 19.9 Å². The molecule has 3 heterocycles. The molecule has 13 heteroatoms. The number of hydrogen-bond acceptors (Lipinski definition) is 7. The van der Waals surface area contributed by atoms with Crippen LogP contribution in [-0.4, -0.2) is 68.3 Å². The Labute approximate surface area is 246 Å². The molecule has 5 rings (SSSR count). The molecule has 226 valence electrons. The molecule has 1 aliphatic heterocycles. The lowest BCUT2D eigenvalue weighted by Crippen LogP contribution is -2.53. The molecule has 2 amide bonds. The summed E-state index contributed by atoms with van der Waals surface area (Å²) in [5.74, 6) is 0.383. The third-order valence-corrected chi connectivity index (χ3v) is 7.65. The number of rotatable bonds is 8. The van der Waals surface area contributed by atoms with Crippen molar-refractivity contribution in [2.75, 3.05) is 24.5 Å². The Morgan fingerprint density at radius 3 is 2.47 bits per heavy atom. The van der Waals surface area contributed by atoms with Crippen LogP contribution < -0.4 is 20.5 Å². The molecular weight excluding hydrogens is 560 g/mol. The van der Waals surface area contributed by atoms with Crippen LogP contribution >= 0.6 is 0 Å². The number of carbonyl (C=O) groups excluding carboxylic acids is 2. The lowest BCUT2D eigenvalue weighted by Gasteiger charge is -2.39. The summed E-state index contributed by atoms with van der Waals surface area (Å²) >= 11 is 0. The quantitative estimate of drug-likeness (QED) is 0.334. The van der Waals surface area contributed by atoms with Crippen LogP contribution in [0.25, 0.3) is 22.0 Å². The van der Waals surface area contributed by atoms with E-state index in [1.54, 1.807) is 49.2 Å². The molecule has 2 aromatic carbocycles. The Morgan fingerprint density at radius 1 is 1.07 bits per heavy atom. The van der Waals surface area contributed by atoms with E-state index in [4.69, 9.17) is 4.74 Å². The highest BCUT2D eigenvalue weighted by Gasteiger charge is 2.26. The van der Waals surface area contributed by atoms with Crippen molar-refractivity contribution in [2.45, 2.75) is 46.5 Å². The third-order valence-electron chi connectivity index (χ3n) is 7.65. The predicted molar refractivity (Wildman–Crippen MR) is 157 cm³/mol. The predicted octanol–water partition coefficient (Wildman–Crippen LogP) is 3.14. The van der Waals surface area contributed by atoms with E-state index in [2.05, 4.69) is 15.3 Å². The van der Waals surface area contributed by atoms with Gasteiger partial charge in [-0.15, -0.1) is 0 Å². The molecule has 0 aliphatic carbocycles. The molecular formula is C30H33F2N7O4. The number of carbonyl (C=O) groups is 2. The number of nitrogens with one attached hydrogen (secondary N) is 1. The number of halogens is 2. The lowest BCUT2D eigenvalue weighted by molar-refractivity contribution is -0.131. The Balaban J connectivity index is 1.45. The normalized spacial score (nSPS) is 15.3. The van der Waals surface area contributed by atoms with Gasteiger partial charge in [0, 0.05) is 76.6 Å². The van der Waals surface area contributed by atoms with E-state index in [9.17, 15) is 23.2 Å². The molecule has 1 saturated heterocycles. The van der Waals surface area contributed by atoms with Crippen molar-refractivity contribution in [3.05, 3.63) is 70.3 Å². The van der Waals surface area contributed by atoms with Gasteiger partial charge in [0.25, 0.3) is 5.56 Å². The number of hydrogen-bond donors (Lipinski definition) is 1. The van der Waals surface area contributed by atoms with Gasteiger partial charge in [0.05, 0.1) is 17.4 Å². The number of nitrogens with zero attached hydrogens (tertiary/aromatic N) is 6. The molecule has 0 saturated carbocycles. The minimum Gasteiger partial charge on any atom is -0.434 e. The number of fused-ring (bicyclic) bond motifs is 1. The van der Waals surface area contributed by atoms with Crippen molar-refractivity contribution in [1.82, 2.24) is 29.5 Å². The highest BCUT2D eigenvalue weighted by molar-refractivity contribution is 5.84. The zero-order valence-electron chi connectivity index (χ0n) is 24.4. The van der Waals surface area contributed by atoms with Crippen LogP contribution in [0.4, 0.5) is 14.7 Å². The highest BCUT2D eigenvalue weighted by atomic mass is 19.3. The molecule has 1 fully saturated rings.